The topological polar surface area (TPSA) is 125 Å². The van der Waals surface area contributed by atoms with Gasteiger partial charge in [-0.05, 0) is 12.1 Å². The number of hydrogen-bond acceptors (Lipinski definition) is 7. The van der Waals surface area contributed by atoms with Gasteiger partial charge in [-0.2, -0.15) is 0 Å². The van der Waals surface area contributed by atoms with Crippen molar-refractivity contribution in [3.63, 3.8) is 0 Å². The molecular weight excluding hydrogens is 334 g/mol. The number of primary amides is 1. The fraction of sp³-hybridized carbons (Fsp3) is 0.294. The number of amides is 2. The van der Waals surface area contributed by atoms with Crippen LogP contribution >= 0.6 is 0 Å². The van der Waals surface area contributed by atoms with Gasteiger partial charge >= 0.3 is 0 Å². The molecule has 2 aromatic heterocycles. The lowest BCUT2D eigenvalue weighted by Gasteiger charge is -2.29. The normalized spacial score (nSPS) is 16.2. The number of fused-ring (bicyclic) bond motifs is 1. The molecule has 2 aliphatic heterocycles. The number of nitrogens with one attached hydrogen (secondary N) is 3. The fourth-order valence-corrected chi connectivity index (χ4v) is 3.24. The van der Waals surface area contributed by atoms with E-state index >= 15 is 0 Å². The molecule has 9 heteroatoms. The zero-order chi connectivity index (χ0) is 18.1. The van der Waals surface area contributed by atoms with Crippen LogP contribution in [0.1, 0.15) is 26.4 Å². The maximum absolute atomic E-state index is 12.0. The highest BCUT2D eigenvalue weighted by Gasteiger charge is 2.28. The van der Waals surface area contributed by atoms with E-state index in [1.54, 1.807) is 0 Å². The lowest BCUT2D eigenvalue weighted by molar-refractivity contribution is 0.0944. The Bertz CT molecular complexity index is 860. The van der Waals surface area contributed by atoms with Crippen molar-refractivity contribution in [1.82, 2.24) is 20.6 Å². The van der Waals surface area contributed by atoms with Gasteiger partial charge in [0.15, 0.2) is 0 Å². The molecule has 4 heterocycles. The molecule has 2 amide bonds. The van der Waals surface area contributed by atoms with E-state index in [0.717, 1.165) is 31.9 Å². The van der Waals surface area contributed by atoms with Crippen LogP contribution in [0.2, 0.25) is 0 Å². The van der Waals surface area contributed by atoms with Gasteiger partial charge in [-0.3, -0.25) is 9.59 Å². The Balaban J connectivity index is 1.58. The van der Waals surface area contributed by atoms with E-state index in [1.807, 2.05) is 18.3 Å². The van der Waals surface area contributed by atoms with Gasteiger partial charge in [-0.25, -0.2) is 9.97 Å². The molecule has 0 unspecified atom stereocenters. The largest absolute Gasteiger partial charge is 0.368 e. The van der Waals surface area contributed by atoms with Crippen LogP contribution in [0.25, 0.3) is 0 Å². The van der Waals surface area contributed by atoms with Gasteiger partial charge in [0.25, 0.3) is 11.8 Å². The summed E-state index contributed by atoms with van der Waals surface area (Å²) in [6.45, 7) is 4.15. The first-order valence-corrected chi connectivity index (χ1v) is 8.42. The Hall–Kier alpha value is -3.20. The Morgan fingerprint density at radius 3 is 2.69 bits per heavy atom. The predicted molar refractivity (Wildman–Crippen MR) is 96.5 cm³/mol. The van der Waals surface area contributed by atoms with Gasteiger partial charge in [0.2, 0.25) is 0 Å². The minimum Gasteiger partial charge on any atom is -0.368 e. The van der Waals surface area contributed by atoms with Crippen molar-refractivity contribution in [2.45, 2.75) is 6.54 Å². The zero-order valence-electron chi connectivity index (χ0n) is 14.1. The maximum atomic E-state index is 12.0. The summed E-state index contributed by atoms with van der Waals surface area (Å²) < 4.78 is 0. The van der Waals surface area contributed by atoms with Crippen molar-refractivity contribution >= 4 is 29.0 Å². The molecule has 1 saturated heterocycles. The summed E-state index contributed by atoms with van der Waals surface area (Å²) in [5.74, 6) is -0.422. The molecule has 134 valence electrons. The SMILES string of the molecule is NC(=O)c1ncc(Nc2ccc(N3CCNCC3)cn2)c2c1C(=O)NC2. The standard InChI is InChI=1S/C17H19N7O2/c18-16(25)15-14-11(8-22-17(14)26)12(9-21-15)23-13-2-1-10(7-20-13)24-5-3-19-4-6-24/h1-2,7,9,19H,3-6,8H2,(H2,18,25)(H,20,23)(H,22,26). The fourth-order valence-electron chi connectivity index (χ4n) is 3.24. The Labute approximate surface area is 150 Å². The van der Waals surface area contributed by atoms with Crippen LogP contribution < -0.4 is 26.6 Å². The predicted octanol–water partition coefficient (Wildman–Crippen LogP) is -0.0279. The van der Waals surface area contributed by atoms with Gasteiger partial charge in [-0.15, -0.1) is 0 Å². The first-order chi connectivity index (χ1) is 12.6. The van der Waals surface area contributed by atoms with Crippen molar-refractivity contribution in [2.75, 3.05) is 36.4 Å². The molecule has 1 fully saturated rings. The number of carbonyl (C=O) groups is 2. The lowest BCUT2D eigenvalue weighted by Crippen LogP contribution is -2.43. The van der Waals surface area contributed by atoms with E-state index < -0.39 is 5.91 Å². The van der Waals surface area contributed by atoms with E-state index in [9.17, 15) is 9.59 Å². The van der Waals surface area contributed by atoms with Crippen LogP contribution in [0.4, 0.5) is 17.2 Å². The van der Waals surface area contributed by atoms with Crippen LogP contribution in [0.5, 0.6) is 0 Å². The van der Waals surface area contributed by atoms with Gasteiger partial charge in [-0.1, -0.05) is 0 Å². The summed E-state index contributed by atoms with van der Waals surface area (Å²) in [4.78, 5) is 34.3. The maximum Gasteiger partial charge on any atom is 0.268 e. The molecule has 0 spiro atoms. The third-order valence-corrected chi connectivity index (χ3v) is 4.57. The van der Waals surface area contributed by atoms with Crippen molar-refractivity contribution in [2.24, 2.45) is 5.73 Å². The Morgan fingerprint density at radius 1 is 1.19 bits per heavy atom. The van der Waals surface area contributed by atoms with Crippen molar-refractivity contribution in [1.29, 1.82) is 0 Å². The Kier molecular flexibility index (Phi) is 4.13. The van der Waals surface area contributed by atoms with Gasteiger partial charge in [0.05, 0.1) is 29.3 Å². The van der Waals surface area contributed by atoms with Crippen LogP contribution in [0.15, 0.2) is 24.5 Å². The molecule has 2 aromatic rings. The minimum absolute atomic E-state index is 0.0115. The number of nitrogens with two attached hydrogens (primary N) is 1. The average Bonchev–Trinajstić information content (AvgIpc) is 3.05. The summed E-state index contributed by atoms with van der Waals surface area (Å²) >= 11 is 0. The molecule has 2 aliphatic rings. The summed E-state index contributed by atoms with van der Waals surface area (Å²) in [5, 5.41) is 9.19. The highest BCUT2D eigenvalue weighted by Crippen LogP contribution is 2.28. The molecule has 4 rings (SSSR count). The second kappa shape index (κ2) is 6.60. The van der Waals surface area contributed by atoms with Gasteiger partial charge in [0, 0.05) is 38.3 Å². The van der Waals surface area contributed by atoms with E-state index in [-0.39, 0.29) is 17.2 Å². The van der Waals surface area contributed by atoms with Crippen LogP contribution in [0, 0.1) is 0 Å². The molecular formula is C17H19N7O2. The summed E-state index contributed by atoms with van der Waals surface area (Å²) in [6, 6.07) is 3.89. The first-order valence-electron chi connectivity index (χ1n) is 8.42. The zero-order valence-corrected chi connectivity index (χ0v) is 14.1. The first kappa shape index (κ1) is 16.3. The molecule has 0 bridgehead atoms. The second-order valence-electron chi connectivity index (χ2n) is 6.18. The Morgan fingerprint density at radius 2 is 2.00 bits per heavy atom. The third-order valence-electron chi connectivity index (χ3n) is 4.57. The van der Waals surface area contributed by atoms with E-state index in [2.05, 4.69) is 30.8 Å². The minimum atomic E-state index is -0.719. The lowest BCUT2D eigenvalue weighted by atomic mass is 10.1. The highest BCUT2D eigenvalue weighted by atomic mass is 16.2. The monoisotopic (exact) mass is 353 g/mol. The number of pyridine rings is 2. The van der Waals surface area contributed by atoms with E-state index in [1.165, 1.54) is 6.20 Å². The quantitative estimate of drug-likeness (QED) is 0.608. The smallest absolute Gasteiger partial charge is 0.268 e. The number of hydrogen-bond donors (Lipinski definition) is 4. The van der Waals surface area contributed by atoms with Crippen molar-refractivity contribution in [3.8, 4) is 0 Å². The molecule has 5 N–H and O–H groups in total. The van der Waals surface area contributed by atoms with Gasteiger partial charge < -0.3 is 26.6 Å². The van der Waals surface area contributed by atoms with E-state index in [4.69, 9.17) is 5.73 Å². The molecule has 9 nitrogen and oxygen atoms in total. The van der Waals surface area contributed by atoms with Crippen LogP contribution in [0.3, 0.4) is 0 Å². The highest BCUT2D eigenvalue weighted by molar-refractivity contribution is 6.09. The number of anilines is 3. The molecule has 0 atom stereocenters. The third kappa shape index (κ3) is 2.93. The molecule has 0 aliphatic carbocycles. The summed E-state index contributed by atoms with van der Waals surface area (Å²) in [6.07, 6.45) is 3.33. The molecule has 0 saturated carbocycles. The van der Waals surface area contributed by atoms with E-state index in [0.29, 0.717) is 23.6 Å². The van der Waals surface area contributed by atoms with Gasteiger partial charge in [0.1, 0.15) is 11.5 Å². The summed E-state index contributed by atoms with van der Waals surface area (Å²) in [5.41, 5.74) is 7.91. The number of rotatable bonds is 4. The number of carbonyl (C=O) groups excluding carboxylic acids is 2. The average molecular weight is 353 g/mol. The second-order valence-corrected chi connectivity index (χ2v) is 6.18. The van der Waals surface area contributed by atoms with Crippen molar-refractivity contribution in [3.05, 3.63) is 41.3 Å². The molecule has 0 radical (unpaired) electrons. The number of aromatic nitrogens is 2. The van der Waals surface area contributed by atoms with Crippen molar-refractivity contribution < 1.29 is 9.59 Å². The molecule has 26 heavy (non-hydrogen) atoms. The summed E-state index contributed by atoms with van der Waals surface area (Å²) in [7, 11) is 0. The number of piperazine rings is 1. The van der Waals surface area contributed by atoms with Crippen LogP contribution in [-0.2, 0) is 6.54 Å². The molecule has 0 aromatic carbocycles. The number of nitrogens with zero attached hydrogens (tertiary/aromatic N) is 3. The van der Waals surface area contributed by atoms with Crippen LogP contribution in [-0.4, -0.2) is 48.0 Å².